The van der Waals surface area contributed by atoms with E-state index in [4.69, 9.17) is 10.5 Å². The summed E-state index contributed by atoms with van der Waals surface area (Å²) in [6, 6.07) is 11.5. The highest BCUT2D eigenvalue weighted by Gasteiger charge is 2.15. The number of rotatable bonds is 8. The predicted molar refractivity (Wildman–Crippen MR) is 126 cm³/mol. The lowest BCUT2D eigenvalue weighted by atomic mass is 10.1. The first-order valence-electron chi connectivity index (χ1n) is 10.6. The van der Waals surface area contributed by atoms with Gasteiger partial charge in [-0.05, 0) is 56.5 Å². The van der Waals surface area contributed by atoms with Crippen LogP contribution in [0, 0.1) is 32.1 Å². The molecule has 0 aliphatic heterocycles. The summed E-state index contributed by atoms with van der Waals surface area (Å²) in [6.07, 6.45) is 2.53. The van der Waals surface area contributed by atoms with Crippen molar-refractivity contribution in [3.63, 3.8) is 0 Å². The van der Waals surface area contributed by atoms with Crippen molar-refractivity contribution in [2.45, 2.75) is 47.3 Å². The van der Waals surface area contributed by atoms with E-state index in [2.05, 4.69) is 31.8 Å². The first-order chi connectivity index (χ1) is 15.8. The van der Waals surface area contributed by atoms with Gasteiger partial charge in [-0.1, -0.05) is 25.1 Å². The summed E-state index contributed by atoms with van der Waals surface area (Å²) in [5.74, 6) is -0.357. The van der Waals surface area contributed by atoms with E-state index in [1.807, 2.05) is 57.2 Å². The van der Waals surface area contributed by atoms with E-state index < -0.39 is 5.97 Å². The van der Waals surface area contributed by atoms with Gasteiger partial charge in [-0.15, -0.1) is 0 Å². The Kier molecular flexibility index (Phi) is 7.41. The molecule has 0 saturated heterocycles. The molecule has 0 amide bonds. The third-order valence-corrected chi connectivity index (χ3v) is 5.12. The molecule has 3 rings (SSSR count). The number of nitrogen functional groups attached to an aromatic ring is 1. The molecule has 0 spiro atoms. The molecule has 2 heterocycles. The van der Waals surface area contributed by atoms with Gasteiger partial charge in [0.1, 0.15) is 11.6 Å². The van der Waals surface area contributed by atoms with Crippen LogP contribution in [0.1, 0.15) is 41.7 Å². The highest BCUT2D eigenvalue weighted by molar-refractivity contribution is 5.98. The largest absolute Gasteiger partial charge is 0.453 e. The van der Waals surface area contributed by atoms with Crippen LogP contribution in [0.2, 0.25) is 0 Å². The number of benzene rings is 1. The van der Waals surface area contributed by atoms with Crippen molar-refractivity contribution in [3.8, 4) is 6.07 Å². The number of nitriles is 1. The number of carbonyl (C=O) groups is 1. The first kappa shape index (κ1) is 23.5. The molecule has 1 aromatic carbocycles. The van der Waals surface area contributed by atoms with Gasteiger partial charge in [-0.2, -0.15) is 20.2 Å². The first-order valence-corrected chi connectivity index (χ1v) is 10.6. The zero-order chi connectivity index (χ0) is 24.0. The highest BCUT2D eigenvalue weighted by atomic mass is 16.5. The second-order valence-electron chi connectivity index (χ2n) is 7.60. The van der Waals surface area contributed by atoms with Gasteiger partial charge in [0.15, 0.2) is 12.4 Å². The van der Waals surface area contributed by atoms with E-state index in [1.54, 1.807) is 6.08 Å². The second kappa shape index (κ2) is 10.4. The maximum Gasteiger partial charge on any atom is 0.349 e. The van der Waals surface area contributed by atoms with Crippen LogP contribution >= 0.6 is 0 Å². The Bertz CT molecular complexity index is 1240. The van der Waals surface area contributed by atoms with Gasteiger partial charge in [0.2, 0.25) is 11.9 Å². The zero-order valence-corrected chi connectivity index (χ0v) is 19.2. The van der Waals surface area contributed by atoms with Gasteiger partial charge >= 0.3 is 5.97 Å². The second-order valence-corrected chi connectivity index (χ2v) is 7.60. The molecule has 2 aromatic heterocycles. The van der Waals surface area contributed by atoms with E-state index >= 15 is 0 Å². The Morgan fingerprint density at radius 1 is 1.24 bits per heavy atom. The maximum atomic E-state index is 12.5. The normalized spacial score (nSPS) is 11.2. The monoisotopic (exact) mass is 445 g/mol. The Balaban J connectivity index is 1.74. The minimum absolute atomic E-state index is 0.00783. The van der Waals surface area contributed by atoms with Crippen molar-refractivity contribution in [2.24, 2.45) is 0 Å². The molecule has 33 heavy (non-hydrogen) atoms. The molecule has 0 aliphatic carbocycles. The zero-order valence-electron chi connectivity index (χ0n) is 19.2. The number of nitrogens with zero attached hydrogens (tertiary/aromatic N) is 5. The summed E-state index contributed by atoms with van der Waals surface area (Å²) < 4.78 is 7.44. The van der Waals surface area contributed by atoms with Gasteiger partial charge in [0, 0.05) is 23.6 Å². The van der Waals surface area contributed by atoms with Crippen molar-refractivity contribution < 1.29 is 9.53 Å². The summed E-state index contributed by atoms with van der Waals surface area (Å²) in [4.78, 5) is 24.9. The van der Waals surface area contributed by atoms with E-state index in [1.165, 1.54) is 0 Å². The van der Waals surface area contributed by atoms with Gasteiger partial charge in [0.05, 0.1) is 0 Å². The molecule has 3 N–H and O–H groups in total. The van der Waals surface area contributed by atoms with Crippen LogP contribution in [-0.4, -0.2) is 25.5 Å². The quantitative estimate of drug-likeness (QED) is 0.302. The van der Waals surface area contributed by atoms with Crippen LogP contribution in [0.15, 0.2) is 35.9 Å². The number of ether oxygens (including phenoxy) is 1. The number of esters is 1. The molecular formula is C24H27N7O2. The molecular weight excluding hydrogens is 418 g/mol. The summed E-state index contributed by atoms with van der Waals surface area (Å²) in [5.41, 5.74) is 10.4. The number of carbonyl (C=O) groups excluding carboxylic acids is 1. The molecule has 0 aliphatic rings. The van der Waals surface area contributed by atoms with Crippen LogP contribution in [0.4, 0.5) is 17.6 Å². The number of aryl methyl sites for hydroxylation is 2. The van der Waals surface area contributed by atoms with E-state index in [-0.39, 0.29) is 29.9 Å². The standard InChI is InChI=1S/C24H27N7O2/c1-5-10-31-16(3)11-18(17(31)4)12-19(13-25)22(32)33-14-21-28-23(26)30-24(29-21)27-20-9-7-6-8-15(20)2/h6-9,11-12H,5,10,14H2,1-4H3,(H3,26,27,28,29,30)/b19-12+. The highest BCUT2D eigenvalue weighted by Crippen LogP contribution is 2.20. The molecule has 0 bridgehead atoms. The lowest BCUT2D eigenvalue weighted by Gasteiger charge is -2.09. The summed E-state index contributed by atoms with van der Waals surface area (Å²) >= 11 is 0. The van der Waals surface area contributed by atoms with E-state index in [9.17, 15) is 10.1 Å². The van der Waals surface area contributed by atoms with Crippen LogP contribution in [0.3, 0.4) is 0 Å². The van der Waals surface area contributed by atoms with Crippen molar-refractivity contribution in [1.82, 2.24) is 19.5 Å². The number of anilines is 3. The third kappa shape index (κ3) is 5.74. The van der Waals surface area contributed by atoms with Crippen molar-refractivity contribution in [3.05, 3.63) is 64.2 Å². The summed E-state index contributed by atoms with van der Waals surface area (Å²) in [7, 11) is 0. The minimum atomic E-state index is -0.759. The predicted octanol–water partition coefficient (Wildman–Crippen LogP) is 3.98. The molecule has 0 radical (unpaired) electrons. The van der Waals surface area contributed by atoms with Gasteiger partial charge in [-0.25, -0.2) is 4.79 Å². The molecule has 9 heteroatoms. The SMILES string of the molecule is CCCn1c(C)cc(/C=C(\C#N)C(=O)OCc2nc(N)nc(Nc3ccccc3C)n2)c1C. The molecule has 170 valence electrons. The lowest BCUT2D eigenvalue weighted by Crippen LogP contribution is -2.12. The van der Waals surface area contributed by atoms with Crippen LogP contribution in [0.25, 0.3) is 6.08 Å². The number of para-hydroxylation sites is 1. The molecule has 0 unspecified atom stereocenters. The number of nitrogens with two attached hydrogens (primary N) is 1. The number of aromatic nitrogens is 4. The average Bonchev–Trinajstić information content (AvgIpc) is 3.04. The van der Waals surface area contributed by atoms with Gasteiger partial charge < -0.3 is 20.4 Å². The summed E-state index contributed by atoms with van der Waals surface area (Å²) in [5, 5.41) is 12.6. The molecule has 0 saturated carbocycles. The topological polar surface area (TPSA) is 132 Å². The van der Waals surface area contributed by atoms with Crippen LogP contribution in [0.5, 0.6) is 0 Å². The average molecular weight is 446 g/mol. The summed E-state index contributed by atoms with van der Waals surface area (Å²) in [6.45, 7) is 8.64. The Hall–Kier alpha value is -4.19. The number of hydrogen-bond acceptors (Lipinski definition) is 8. The molecule has 0 atom stereocenters. The molecule has 9 nitrogen and oxygen atoms in total. The lowest BCUT2D eigenvalue weighted by molar-refractivity contribution is -0.139. The fraction of sp³-hybridized carbons (Fsp3) is 0.292. The molecule has 3 aromatic rings. The Morgan fingerprint density at radius 2 is 2.00 bits per heavy atom. The van der Waals surface area contributed by atoms with Crippen LogP contribution in [-0.2, 0) is 22.7 Å². The number of hydrogen-bond donors (Lipinski definition) is 2. The Morgan fingerprint density at radius 3 is 2.70 bits per heavy atom. The van der Waals surface area contributed by atoms with Crippen molar-refractivity contribution in [1.29, 1.82) is 5.26 Å². The van der Waals surface area contributed by atoms with Crippen molar-refractivity contribution >= 4 is 29.6 Å². The fourth-order valence-corrected chi connectivity index (χ4v) is 3.43. The van der Waals surface area contributed by atoms with Crippen molar-refractivity contribution in [2.75, 3.05) is 11.1 Å². The Labute approximate surface area is 193 Å². The van der Waals surface area contributed by atoms with Gasteiger partial charge in [0.25, 0.3) is 0 Å². The smallest absolute Gasteiger partial charge is 0.349 e. The third-order valence-electron chi connectivity index (χ3n) is 5.12. The van der Waals surface area contributed by atoms with E-state index in [0.29, 0.717) is 0 Å². The molecule has 0 fully saturated rings. The fourth-order valence-electron chi connectivity index (χ4n) is 3.43. The van der Waals surface area contributed by atoms with E-state index in [0.717, 1.165) is 41.2 Å². The maximum absolute atomic E-state index is 12.5. The number of nitrogens with one attached hydrogen (secondary N) is 1. The van der Waals surface area contributed by atoms with Crippen LogP contribution < -0.4 is 11.1 Å². The van der Waals surface area contributed by atoms with Gasteiger partial charge in [-0.3, -0.25) is 0 Å². The minimum Gasteiger partial charge on any atom is -0.453 e.